The Morgan fingerprint density at radius 3 is 2.79 bits per heavy atom. The lowest BCUT2D eigenvalue weighted by molar-refractivity contribution is 0.0410. The molecule has 1 aromatic heterocycles. The molecule has 0 unspecified atom stereocenters. The SMILES string of the molecule is CCOc1ccc(Nc2nnc(SCCN3CCOCC3)s2)cc1. The van der Waals surface area contributed by atoms with Gasteiger partial charge < -0.3 is 14.8 Å². The van der Waals surface area contributed by atoms with Crippen molar-refractivity contribution in [3.8, 4) is 5.75 Å². The molecule has 130 valence electrons. The molecular formula is C16H22N4O2S2. The number of hydrogen-bond donors (Lipinski definition) is 1. The minimum Gasteiger partial charge on any atom is -0.494 e. The molecule has 1 aromatic carbocycles. The molecular weight excluding hydrogens is 344 g/mol. The molecule has 2 aromatic rings. The van der Waals surface area contributed by atoms with Crippen molar-refractivity contribution in [2.75, 3.05) is 50.5 Å². The summed E-state index contributed by atoms with van der Waals surface area (Å²) in [6, 6.07) is 7.87. The third-order valence-corrected chi connectivity index (χ3v) is 5.51. The van der Waals surface area contributed by atoms with Gasteiger partial charge in [-0.25, -0.2) is 0 Å². The maximum absolute atomic E-state index is 5.44. The van der Waals surface area contributed by atoms with Crippen LogP contribution >= 0.6 is 23.1 Å². The highest BCUT2D eigenvalue weighted by Crippen LogP contribution is 2.28. The van der Waals surface area contributed by atoms with E-state index in [1.165, 1.54) is 0 Å². The van der Waals surface area contributed by atoms with Gasteiger partial charge in [0.1, 0.15) is 5.75 Å². The lowest BCUT2D eigenvalue weighted by Crippen LogP contribution is -2.37. The molecule has 3 rings (SSSR count). The van der Waals surface area contributed by atoms with Gasteiger partial charge in [0.2, 0.25) is 5.13 Å². The molecule has 0 atom stereocenters. The largest absolute Gasteiger partial charge is 0.494 e. The van der Waals surface area contributed by atoms with Crippen LogP contribution in [0.3, 0.4) is 0 Å². The molecule has 0 saturated carbocycles. The Labute approximate surface area is 150 Å². The lowest BCUT2D eigenvalue weighted by Gasteiger charge is -2.25. The smallest absolute Gasteiger partial charge is 0.210 e. The number of aromatic nitrogens is 2. The van der Waals surface area contributed by atoms with Gasteiger partial charge in [-0.15, -0.1) is 10.2 Å². The molecule has 0 amide bonds. The van der Waals surface area contributed by atoms with Crippen LogP contribution in [-0.4, -0.2) is 60.3 Å². The second-order valence-electron chi connectivity index (χ2n) is 5.26. The van der Waals surface area contributed by atoms with Crippen molar-refractivity contribution in [3.05, 3.63) is 24.3 Å². The van der Waals surface area contributed by atoms with Crippen molar-refractivity contribution in [1.29, 1.82) is 0 Å². The molecule has 0 radical (unpaired) electrons. The molecule has 1 saturated heterocycles. The molecule has 6 nitrogen and oxygen atoms in total. The highest BCUT2D eigenvalue weighted by atomic mass is 32.2. The Morgan fingerprint density at radius 1 is 1.25 bits per heavy atom. The third-order valence-electron chi connectivity index (χ3n) is 3.56. The Morgan fingerprint density at radius 2 is 2.04 bits per heavy atom. The minimum atomic E-state index is 0.675. The Hall–Kier alpha value is -1.35. The zero-order valence-corrected chi connectivity index (χ0v) is 15.4. The Kier molecular flexibility index (Phi) is 6.71. The molecule has 1 aliphatic rings. The summed E-state index contributed by atoms with van der Waals surface area (Å²) in [7, 11) is 0. The van der Waals surface area contributed by atoms with Crippen molar-refractivity contribution in [3.63, 3.8) is 0 Å². The van der Waals surface area contributed by atoms with E-state index in [-0.39, 0.29) is 0 Å². The number of ether oxygens (including phenoxy) is 2. The van der Waals surface area contributed by atoms with Gasteiger partial charge in [-0.2, -0.15) is 0 Å². The highest BCUT2D eigenvalue weighted by Gasteiger charge is 2.11. The number of morpholine rings is 1. The first-order valence-electron chi connectivity index (χ1n) is 8.10. The predicted molar refractivity (Wildman–Crippen MR) is 98.8 cm³/mol. The van der Waals surface area contributed by atoms with E-state index in [2.05, 4.69) is 20.4 Å². The average Bonchev–Trinajstić information content (AvgIpc) is 3.05. The molecule has 0 spiro atoms. The van der Waals surface area contributed by atoms with Crippen LogP contribution in [0.4, 0.5) is 10.8 Å². The van der Waals surface area contributed by atoms with Gasteiger partial charge in [-0.1, -0.05) is 23.1 Å². The van der Waals surface area contributed by atoms with Crippen molar-refractivity contribution in [2.24, 2.45) is 0 Å². The molecule has 1 N–H and O–H groups in total. The minimum absolute atomic E-state index is 0.675. The van der Waals surface area contributed by atoms with E-state index < -0.39 is 0 Å². The van der Waals surface area contributed by atoms with Crippen LogP contribution in [0.25, 0.3) is 0 Å². The number of rotatable bonds is 8. The first-order chi connectivity index (χ1) is 11.8. The van der Waals surface area contributed by atoms with Crippen LogP contribution in [-0.2, 0) is 4.74 Å². The lowest BCUT2D eigenvalue weighted by atomic mass is 10.3. The fourth-order valence-electron chi connectivity index (χ4n) is 2.33. The van der Waals surface area contributed by atoms with Gasteiger partial charge in [0.05, 0.1) is 19.8 Å². The number of benzene rings is 1. The van der Waals surface area contributed by atoms with Gasteiger partial charge >= 0.3 is 0 Å². The van der Waals surface area contributed by atoms with Crippen molar-refractivity contribution in [1.82, 2.24) is 15.1 Å². The fourth-order valence-corrected chi connectivity index (χ4v) is 4.17. The molecule has 1 aliphatic heterocycles. The van der Waals surface area contributed by atoms with Crippen LogP contribution in [0, 0.1) is 0 Å². The molecule has 1 fully saturated rings. The van der Waals surface area contributed by atoms with E-state index in [9.17, 15) is 0 Å². The zero-order chi connectivity index (χ0) is 16.6. The van der Waals surface area contributed by atoms with Gasteiger partial charge in [0, 0.05) is 31.1 Å². The van der Waals surface area contributed by atoms with Crippen LogP contribution < -0.4 is 10.1 Å². The molecule has 2 heterocycles. The topological polar surface area (TPSA) is 59.5 Å². The molecule has 0 aliphatic carbocycles. The zero-order valence-electron chi connectivity index (χ0n) is 13.7. The average molecular weight is 367 g/mol. The predicted octanol–water partition coefficient (Wildman–Crippen LogP) is 3.10. The summed E-state index contributed by atoms with van der Waals surface area (Å²) in [5, 5.41) is 12.5. The van der Waals surface area contributed by atoms with E-state index in [0.29, 0.717) is 6.61 Å². The molecule has 8 heteroatoms. The summed E-state index contributed by atoms with van der Waals surface area (Å²) in [6.07, 6.45) is 0. The number of nitrogens with zero attached hydrogens (tertiary/aromatic N) is 3. The van der Waals surface area contributed by atoms with E-state index in [0.717, 1.165) is 59.5 Å². The second kappa shape index (κ2) is 9.22. The van der Waals surface area contributed by atoms with E-state index in [4.69, 9.17) is 9.47 Å². The molecule has 0 bridgehead atoms. The van der Waals surface area contributed by atoms with Gasteiger partial charge in [-0.05, 0) is 31.2 Å². The normalized spacial score (nSPS) is 15.4. The summed E-state index contributed by atoms with van der Waals surface area (Å²) in [6.45, 7) is 7.47. The first-order valence-corrected chi connectivity index (χ1v) is 9.90. The van der Waals surface area contributed by atoms with E-state index >= 15 is 0 Å². The monoisotopic (exact) mass is 366 g/mol. The van der Waals surface area contributed by atoms with E-state index in [1.807, 2.05) is 31.2 Å². The van der Waals surface area contributed by atoms with Gasteiger partial charge in [0.15, 0.2) is 4.34 Å². The maximum atomic E-state index is 5.44. The standard InChI is InChI=1S/C16H22N4O2S2/c1-2-22-14-5-3-13(4-6-14)17-15-18-19-16(24-15)23-12-9-20-7-10-21-11-8-20/h3-6H,2,7-12H2,1H3,(H,17,18). The maximum Gasteiger partial charge on any atom is 0.210 e. The summed E-state index contributed by atoms with van der Waals surface area (Å²) in [5.41, 5.74) is 0.986. The van der Waals surface area contributed by atoms with Crippen LogP contribution in [0.15, 0.2) is 28.6 Å². The number of nitrogens with one attached hydrogen (secondary N) is 1. The van der Waals surface area contributed by atoms with Gasteiger partial charge in [0.25, 0.3) is 0 Å². The number of hydrogen-bond acceptors (Lipinski definition) is 8. The summed E-state index contributed by atoms with van der Waals surface area (Å²) < 4.78 is 11.8. The Bertz CT molecular complexity index is 615. The Balaban J connectivity index is 1.44. The van der Waals surface area contributed by atoms with E-state index in [1.54, 1.807) is 23.1 Å². The third kappa shape index (κ3) is 5.34. The van der Waals surface area contributed by atoms with Crippen LogP contribution in [0.5, 0.6) is 5.75 Å². The van der Waals surface area contributed by atoms with Crippen molar-refractivity contribution >= 4 is 33.9 Å². The number of anilines is 2. The summed E-state index contributed by atoms with van der Waals surface area (Å²) in [5.74, 6) is 1.90. The highest BCUT2D eigenvalue weighted by molar-refractivity contribution is 8.01. The fraction of sp³-hybridized carbons (Fsp3) is 0.500. The van der Waals surface area contributed by atoms with Crippen molar-refractivity contribution < 1.29 is 9.47 Å². The summed E-state index contributed by atoms with van der Waals surface area (Å²) >= 11 is 3.34. The quantitative estimate of drug-likeness (QED) is 0.720. The van der Waals surface area contributed by atoms with Gasteiger partial charge in [-0.3, -0.25) is 4.90 Å². The molecule has 24 heavy (non-hydrogen) atoms. The number of thioether (sulfide) groups is 1. The van der Waals surface area contributed by atoms with Crippen LogP contribution in [0.2, 0.25) is 0 Å². The van der Waals surface area contributed by atoms with Crippen LogP contribution in [0.1, 0.15) is 6.92 Å². The summed E-state index contributed by atoms with van der Waals surface area (Å²) in [4.78, 5) is 2.43. The second-order valence-corrected chi connectivity index (χ2v) is 7.58. The first kappa shape index (κ1) is 17.5. The van der Waals surface area contributed by atoms with Crippen molar-refractivity contribution in [2.45, 2.75) is 11.3 Å².